The second-order valence-corrected chi connectivity index (χ2v) is 5.60. The number of benzene rings is 1. The third-order valence-electron chi connectivity index (χ3n) is 3.08. The molecule has 0 bridgehead atoms. The van der Waals surface area contributed by atoms with Crippen LogP contribution in [0.5, 0.6) is 0 Å². The summed E-state index contributed by atoms with van der Waals surface area (Å²) in [7, 11) is 0. The van der Waals surface area contributed by atoms with Crippen molar-refractivity contribution in [2.45, 2.75) is 13.0 Å². The van der Waals surface area contributed by atoms with E-state index in [1.54, 1.807) is 0 Å². The lowest BCUT2D eigenvalue weighted by atomic mass is 10.1. The number of amides is 3. The topological polar surface area (TPSA) is 110 Å². The Morgan fingerprint density at radius 2 is 2.14 bits per heavy atom. The molecule has 1 aromatic rings. The van der Waals surface area contributed by atoms with Crippen molar-refractivity contribution < 1.29 is 19.3 Å². The summed E-state index contributed by atoms with van der Waals surface area (Å²) >= 11 is 1.87. The Labute approximate surface area is 132 Å². The minimum absolute atomic E-state index is 0.0964. The quantitative estimate of drug-likeness (QED) is 0.338. The van der Waals surface area contributed by atoms with Crippen LogP contribution in [0.4, 0.5) is 5.69 Å². The van der Waals surface area contributed by atoms with Gasteiger partial charge in [0, 0.05) is 15.7 Å². The van der Waals surface area contributed by atoms with Crippen molar-refractivity contribution in [2.75, 3.05) is 6.54 Å². The van der Waals surface area contributed by atoms with Gasteiger partial charge < -0.3 is 4.90 Å². The third-order valence-corrected chi connectivity index (χ3v) is 4.02. The molecule has 1 saturated heterocycles. The van der Waals surface area contributed by atoms with Crippen LogP contribution in [0.2, 0.25) is 0 Å². The number of piperazine rings is 1. The maximum absolute atomic E-state index is 12.5. The Morgan fingerprint density at radius 1 is 1.48 bits per heavy atom. The van der Waals surface area contributed by atoms with Gasteiger partial charge >= 0.3 is 0 Å². The average Bonchev–Trinajstić information content (AvgIpc) is 2.42. The average molecular weight is 403 g/mol. The minimum atomic E-state index is -0.815. The summed E-state index contributed by atoms with van der Waals surface area (Å²) in [6.07, 6.45) is 0. The van der Waals surface area contributed by atoms with E-state index in [0.717, 1.165) is 11.0 Å². The van der Waals surface area contributed by atoms with Crippen LogP contribution >= 0.6 is 22.6 Å². The van der Waals surface area contributed by atoms with E-state index in [0.29, 0.717) is 3.57 Å². The Morgan fingerprint density at radius 3 is 2.76 bits per heavy atom. The number of carbonyl (C=O) groups is 3. The molecule has 1 fully saturated rings. The van der Waals surface area contributed by atoms with Crippen molar-refractivity contribution in [1.29, 1.82) is 0 Å². The van der Waals surface area contributed by atoms with Crippen LogP contribution in [0, 0.1) is 13.7 Å². The highest BCUT2D eigenvalue weighted by atomic mass is 127. The van der Waals surface area contributed by atoms with Gasteiger partial charge in [-0.2, -0.15) is 0 Å². The summed E-state index contributed by atoms with van der Waals surface area (Å²) in [6, 6.07) is 3.07. The van der Waals surface area contributed by atoms with Crippen molar-refractivity contribution in [3.05, 3.63) is 37.4 Å². The lowest BCUT2D eigenvalue weighted by molar-refractivity contribution is -0.384. The maximum Gasteiger partial charge on any atom is 0.270 e. The number of non-ortho nitro benzene ring substituents is 1. The molecule has 1 heterocycles. The van der Waals surface area contributed by atoms with Gasteiger partial charge in [0.1, 0.15) is 12.6 Å². The van der Waals surface area contributed by atoms with E-state index in [1.807, 2.05) is 22.6 Å². The first kappa shape index (κ1) is 15.4. The molecular formula is C12H10IN3O5. The predicted molar refractivity (Wildman–Crippen MR) is 79.5 cm³/mol. The summed E-state index contributed by atoms with van der Waals surface area (Å²) in [5.74, 6) is -1.73. The van der Waals surface area contributed by atoms with Crippen LogP contribution in [0.15, 0.2) is 18.2 Å². The Bertz CT molecular complexity index is 660. The molecule has 8 nitrogen and oxygen atoms in total. The molecule has 1 aliphatic heterocycles. The number of nitrogens with one attached hydrogen (secondary N) is 1. The van der Waals surface area contributed by atoms with Gasteiger partial charge in [0.25, 0.3) is 11.6 Å². The summed E-state index contributed by atoms with van der Waals surface area (Å²) in [4.78, 5) is 46.7. The number of imide groups is 1. The summed E-state index contributed by atoms with van der Waals surface area (Å²) in [5, 5.41) is 12.9. The van der Waals surface area contributed by atoms with Gasteiger partial charge in [0.2, 0.25) is 11.8 Å². The number of carbonyl (C=O) groups excluding carboxylic acids is 3. The van der Waals surface area contributed by atoms with E-state index in [-0.39, 0.29) is 17.8 Å². The zero-order chi connectivity index (χ0) is 15.7. The molecule has 0 aliphatic carbocycles. The normalized spacial score (nSPS) is 18.4. The van der Waals surface area contributed by atoms with Crippen LogP contribution in [0.1, 0.15) is 17.3 Å². The van der Waals surface area contributed by atoms with Crippen molar-refractivity contribution in [2.24, 2.45) is 0 Å². The van der Waals surface area contributed by atoms with E-state index in [1.165, 1.54) is 19.1 Å². The van der Waals surface area contributed by atoms with E-state index >= 15 is 0 Å². The summed E-state index contributed by atoms with van der Waals surface area (Å²) < 4.78 is 0.508. The van der Waals surface area contributed by atoms with E-state index in [2.05, 4.69) is 5.32 Å². The molecular weight excluding hydrogens is 393 g/mol. The number of rotatable bonds is 2. The molecule has 1 unspecified atom stereocenters. The van der Waals surface area contributed by atoms with Gasteiger partial charge in [-0.1, -0.05) is 0 Å². The van der Waals surface area contributed by atoms with Crippen LogP contribution in [0.25, 0.3) is 0 Å². The third kappa shape index (κ3) is 3.01. The number of nitro benzene ring substituents is 1. The highest BCUT2D eigenvalue weighted by Gasteiger charge is 2.35. The Kier molecular flexibility index (Phi) is 4.21. The molecule has 2 rings (SSSR count). The zero-order valence-electron chi connectivity index (χ0n) is 10.8. The monoisotopic (exact) mass is 403 g/mol. The smallest absolute Gasteiger partial charge is 0.270 e. The molecule has 0 radical (unpaired) electrons. The van der Waals surface area contributed by atoms with Gasteiger partial charge in [-0.3, -0.25) is 29.8 Å². The molecule has 1 aliphatic rings. The highest BCUT2D eigenvalue weighted by Crippen LogP contribution is 2.22. The summed E-state index contributed by atoms with van der Waals surface area (Å²) in [5.41, 5.74) is -0.127. The van der Waals surface area contributed by atoms with E-state index < -0.39 is 28.7 Å². The summed E-state index contributed by atoms with van der Waals surface area (Å²) in [6.45, 7) is 1.23. The SMILES string of the molecule is CC1C(=O)NC(=O)CN1C(=O)c1cc([N+](=O)[O-])ccc1I. The molecule has 3 amide bonds. The second kappa shape index (κ2) is 5.76. The minimum Gasteiger partial charge on any atom is -0.318 e. The lowest BCUT2D eigenvalue weighted by Gasteiger charge is -2.31. The second-order valence-electron chi connectivity index (χ2n) is 4.44. The number of hydrogen-bond donors (Lipinski definition) is 1. The number of nitro groups is 1. The molecule has 0 aromatic heterocycles. The van der Waals surface area contributed by atoms with Crippen molar-refractivity contribution in [3.63, 3.8) is 0 Å². The van der Waals surface area contributed by atoms with Crippen molar-refractivity contribution >= 4 is 46.0 Å². The van der Waals surface area contributed by atoms with Crippen LogP contribution < -0.4 is 5.32 Å². The van der Waals surface area contributed by atoms with Gasteiger partial charge in [-0.25, -0.2) is 0 Å². The Balaban J connectivity index is 2.39. The first-order valence-corrected chi connectivity index (χ1v) is 6.97. The molecule has 21 heavy (non-hydrogen) atoms. The molecule has 9 heteroatoms. The number of hydrogen-bond acceptors (Lipinski definition) is 5. The number of halogens is 1. The fraction of sp³-hybridized carbons (Fsp3) is 0.250. The van der Waals surface area contributed by atoms with Gasteiger partial charge in [0.05, 0.1) is 10.5 Å². The molecule has 110 valence electrons. The molecule has 1 aromatic carbocycles. The lowest BCUT2D eigenvalue weighted by Crippen LogP contribution is -2.58. The van der Waals surface area contributed by atoms with Crippen LogP contribution in [-0.2, 0) is 9.59 Å². The first-order valence-electron chi connectivity index (χ1n) is 5.90. The number of nitrogens with zero attached hydrogens (tertiary/aromatic N) is 2. The zero-order valence-corrected chi connectivity index (χ0v) is 13.0. The molecule has 0 saturated carbocycles. The first-order chi connectivity index (χ1) is 9.81. The fourth-order valence-electron chi connectivity index (χ4n) is 1.91. The standard InChI is InChI=1S/C12H10IN3O5/c1-6-11(18)14-10(17)5-15(6)12(19)8-4-7(16(20)21)2-3-9(8)13/h2-4,6H,5H2,1H3,(H,14,17,18). The Hall–Kier alpha value is -2.04. The van der Waals surface area contributed by atoms with E-state index in [4.69, 9.17) is 0 Å². The largest absolute Gasteiger partial charge is 0.318 e. The van der Waals surface area contributed by atoms with Crippen LogP contribution in [-0.4, -0.2) is 40.1 Å². The van der Waals surface area contributed by atoms with Crippen LogP contribution in [0.3, 0.4) is 0 Å². The van der Waals surface area contributed by atoms with Gasteiger partial charge in [0.15, 0.2) is 0 Å². The van der Waals surface area contributed by atoms with Gasteiger partial charge in [-0.15, -0.1) is 0 Å². The van der Waals surface area contributed by atoms with E-state index in [9.17, 15) is 24.5 Å². The van der Waals surface area contributed by atoms with Crippen molar-refractivity contribution in [1.82, 2.24) is 10.2 Å². The van der Waals surface area contributed by atoms with Crippen molar-refractivity contribution in [3.8, 4) is 0 Å². The fourth-order valence-corrected chi connectivity index (χ4v) is 2.47. The van der Waals surface area contributed by atoms with Gasteiger partial charge in [-0.05, 0) is 35.6 Å². The highest BCUT2D eigenvalue weighted by molar-refractivity contribution is 14.1. The molecule has 1 atom stereocenters. The predicted octanol–water partition coefficient (Wildman–Crippen LogP) is 0.687. The molecule has 0 spiro atoms. The maximum atomic E-state index is 12.5. The molecule has 1 N–H and O–H groups in total.